The first kappa shape index (κ1) is 14.5. The van der Waals surface area contributed by atoms with Gasteiger partial charge >= 0.3 is 0 Å². The van der Waals surface area contributed by atoms with Crippen LogP contribution in [0.4, 0.5) is 0 Å². The highest BCUT2D eigenvalue weighted by Crippen LogP contribution is 2.40. The van der Waals surface area contributed by atoms with E-state index in [0.717, 1.165) is 19.4 Å². The second-order valence-electron chi connectivity index (χ2n) is 5.74. The third-order valence-corrected chi connectivity index (χ3v) is 4.02. The molecule has 0 saturated heterocycles. The molecule has 0 heterocycles. The summed E-state index contributed by atoms with van der Waals surface area (Å²) < 4.78 is 5.07. The Bertz CT molecular complexity index is 272. The van der Waals surface area contributed by atoms with Gasteiger partial charge in [0.1, 0.15) is 5.54 Å². The Morgan fingerprint density at radius 1 is 1.47 bits per heavy atom. The zero-order valence-corrected chi connectivity index (χ0v) is 11.6. The van der Waals surface area contributed by atoms with Crippen molar-refractivity contribution in [3.8, 4) is 6.07 Å². The topological polar surface area (TPSA) is 45.0 Å². The van der Waals surface area contributed by atoms with Crippen molar-refractivity contribution in [3.05, 3.63) is 0 Å². The molecule has 1 N–H and O–H groups in total. The zero-order valence-electron chi connectivity index (χ0n) is 11.6. The molecule has 3 nitrogen and oxygen atoms in total. The molecule has 0 aromatic rings. The highest BCUT2D eigenvalue weighted by atomic mass is 16.5. The van der Waals surface area contributed by atoms with Crippen molar-refractivity contribution in [1.29, 1.82) is 5.26 Å². The van der Waals surface area contributed by atoms with Crippen LogP contribution in [0.15, 0.2) is 0 Å². The average molecular weight is 238 g/mol. The van der Waals surface area contributed by atoms with Gasteiger partial charge in [0, 0.05) is 13.7 Å². The summed E-state index contributed by atoms with van der Waals surface area (Å²) in [5.74, 6) is 1.65. The van der Waals surface area contributed by atoms with Gasteiger partial charge in [0.25, 0.3) is 0 Å². The predicted molar refractivity (Wildman–Crippen MR) is 69.6 cm³/mol. The van der Waals surface area contributed by atoms with E-state index >= 15 is 0 Å². The Morgan fingerprint density at radius 3 is 2.71 bits per heavy atom. The molecule has 0 radical (unpaired) electrons. The van der Waals surface area contributed by atoms with Gasteiger partial charge in [-0.05, 0) is 30.6 Å². The highest BCUT2D eigenvalue weighted by molar-refractivity contribution is 5.14. The molecular formula is C14H26N2O. The maximum atomic E-state index is 9.62. The fourth-order valence-corrected chi connectivity index (χ4v) is 3.16. The van der Waals surface area contributed by atoms with Crippen LogP contribution in [0.1, 0.15) is 40.0 Å². The van der Waals surface area contributed by atoms with Crippen molar-refractivity contribution in [1.82, 2.24) is 5.32 Å². The number of rotatable bonds is 5. The quantitative estimate of drug-likeness (QED) is 0.749. The van der Waals surface area contributed by atoms with Gasteiger partial charge in [0.15, 0.2) is 0 Å². The number of hydrogen-bond donors (Lipinski definition) is 1. The van der Waals surface area contributed by atoms with Crippen molar-refractivity contribution in [3.63, 3.8) is 0 Å². The first-order valence-corrected chi connectivity index (χ1v) is 6.71. The number of hydrogen-bond acceptors (Lipinski definition) is 3. The summed E-state index contributed by atoms with van der Waals surface area (Å²) in [5, 5.41) is 13.1. The molecule has 1 aliphatic rings. The lowest BCUT2D eigenvalue weighted by Crippen LogP contribution is -2.55. The Kier molecular flexibility index (Phi) is 5.42. The lowest BCUT2D eigenvalue weighted by atomic mass is 9.65. The molecule has 0 bridgehead atoms. The van der Waals surface area contributed by atoms with E-state index in [1.54, 1.807) is 7.11 Å². The van der Waals surface area contributed by atoms with Gasteiger partial charge in [-0.25, -0.2) is 0 Å². The summed E-state index contributed by atoms with van der Waals surface area (Å²) in [6.45, 7) is 8.14. The molecule has 98 valence electrons. The van der Waals surface area contributed by atoms with Crippen LogP contribution >= 0.6 is 0 Å². The summed E-state index contributed by atoms with van der Waals surface area (Å²) in [4.78, 5) is 0. The van der Waals surface area contributed by atoms with Crippen LogP contribution in [0.2, 0.25) is 0 Å². The molecule has 0 aromatic carbocycles. The van der Waals surface area contributed by atoms with Gasteiger partial charge in [-0.1, -0.05) is 27.2 Å². The molecule has 1 aliphatic carbocycles. The van der Waals surface area contributed by atoms with Gasteiger partial charge < -0.3 is 4.74 Å². The van der Waals surface area contributed by atoms with E-state index in [4.69, 9.17) is 4.74 Å². The Hall–Kier alpha value is -0.590. The number of ether oxygens (including phenoxy) is 1. The van der Waals surface area contributed by atoms with Crippen LogP contribution in [-0.4, -0.2) is 25.8 Å². The number of nitrogens with zero attached hydrogens (tertiary/aromatic N) is 1. The van der Waals surface area contributed by atoms with E-state index < -0.39 is 0 Å². The molecule has 0 amide bonds. The summed E-state index contributed by atoms with van der Waals surface area (Å²) >= 11 is 0. The van der Waals surface area contributed by atoms with Crippen molar-refractivity contribution in [2.45, 2.75) is 45.6 Å². The van der Waals surface area contributed by atoms with Gasteiger partial charge in [-0.15, -0.1) is 0 Å². The Labute approximate surface area is 106 Å². The van der Waals surface area contributed by atoms with Crippen LogP contribution in [0.5, 0.6) is 0 Å². The van der Waals surface area contributed by atoms with E-state index in [0.29, 0.717) is 24.4 Å². The second-order valence-corrected chi connectivity index (χ2v) is 5.74. The molecule has 0 aliphatic heterocycles. The molecule has 3 heteroatoms. The first-order valence-electron chi connectivity index (χ1n) is 6.71. The van der Waals surface area contributed by atoms with E-state index in [1.807, 2.05) is 0 Å². The number of nitrogens with one attached hydrogen (secondary N) is 1. The minimum absolute atomic E-state index is 0.343. The molecule has 3 unspecified atom stereocenters. The lowest BCUT2D eigenvalue weighted by molar-refractivity contribution is 0.106. The fraction of sp³-hybridized carbons (Fsp3) is 0.929. The average Bonchev–Trinajstić information content (AvgIpc) is 2.29. The van der Waals surface area contributed by atoms with Gasteiger partial charge in [0.05, 0.1) is 12.7 Å². The van der Waals surface area contributed by atoms with Gasteiger partial charge in [-0.3, -0.25) is 5.32 Å². The summed E-state index contributed by atoms with van der Waals surface area (Å²) in [5.41, 5.74) is -0.343. The van der Waals surface area contributed by atoms with E-state index in [9.17, 15) is 5.26 Å². The Balaban J connectivity index is 2.77. The normalized spacial score (nSPS) is 33.6. The summed E-state index contributed by atoms with van der Waals surface area (Å²) in [7, 11) is 1.70. The highest BCUT2D eigenvalue weighted by Gasteiger charge is 2.44. The molecule has 1 fully saturated rings. The van der Waals surface area contributed by atoms with Gasteiger partial charge in [-0.2, -0.15) is 5.26 Å². The van der Waals surface area contributed by atoms with E-state index in [2.05, 4.69) is 32.2 Å². The monoisotopic (exact) mass is 238 g/mol. The third kappa shape index (κ3) is 3.43. The number of nitriles is 1. The standard InChI is InChI=1S/C14H26N2O/c1-11(2)13-6-5-12(3)9-14(13,10-15)16-7-8-17-4/h11-13,16H,5-9H2,1-4H3. The molecule has 17 heavy (non-hydrogen) atoms. The van der Waals surface area contributed by atoms with E-state index in [-0.39, 0.29) is 5.54 Å². The van der Waals surface area contributed by atoms with Crippen LogP contribution in [0, 0.1) is 29.1 Å². The van der Waals surface area contributed by atoms with Gasteiger partial charge in [0.2, 0.25) is 0 Å². The molecule has 0 aromatic heterocycles. The molecular weight excluding hydrogens is 212 g/mol. The van der Waals surface area contributed by atoms with Crippen LogP contribution in [0.25, 0.3) is 0 Å². The van der Waals surface area contributed by atoms with Crippen molar-refractivity contribution >= 4 is 0 Å². The fourth-order valence-electron chi connectivity index (χ4n) is 3.16. The van der Waals surface area contributed by atoms with Crippen LogP contribution in [0.3, 0.4) is 0 Å². The lowest BCUT2D eigenvalue weighted by Gasteiger charge is -2.44. The van der Waals surface area contributed by atoms with Crippen LogP contribution in [-0.2, 0) is 4.74 Å². The first-order chi connectivity index (χ1) is 8.05. The molecule has 1 saturated carbocycles. The summed E-state index contributed by atoms with van der Waals surface area (Å²) in [6.07, 6.45) is 3.38. The largest absolute Gasteiger partial charge is 0.383 e. The minimum atomic E-state index is -0.343. The minimum Gasteiger partial charge on any atom is -0.383 e. The summed E-state index contributed by atoms with van der Waals surface area (Å²) in [6, 6.07) is 2.57. The van der Waals surface area contributed by atoms with E-state index in [1.165, 1.54) is 6.42 Å². The van der Waals surface area contributed by atoms with Crippen molar-refractivity contribution in [2.24, 2.45) is 17.8 Å². The maximum absolute atomic E-state index is 9.62. The molecule has 3 atom stereocenters. The molecule has 1 rings (SSSR count). The third-order valence-electron chi connectivity index (χ3n) is 4.02. The smallest absolute Gasteiger partial charge is 0.110 e. The van der Waals surface area contributed by atoms with Crippen molar-refractivity contribution < 1.29 is 4.74 Å². The maximum Gasteiger partial charge on any atom is 0.110 e. The predicted octanol–water partition coefficient (Wildman–Crippen LogP) is 2.58. The Morgan fingerprint density at radius 2 is 2.18 bits per heavy atom. The van der Waals surface area contributed by atoms with Crippen molar-refractivity contribution in [2.75, 3.05) is 20.3 Å². The SMILES string of the molecule is COCCNC1(C#N)CC(C)CCC1C(C)C. The zero-order chi connectivity index (χ0) is 12.9. The van der Waals surface area contributed by atoms with Crippen LogP contribution < -0.4 is 5.32 Å². The number of methoxy groups -OCH3 is 1. The second kappa shape index (κ2) is 6.37. The molecule has 0 spiro atoms.